The normalized spacial score (nSPS) is 12.0. The number of hydrogen-bond acceptors (Lipinski definition) is 2. The van der Waals surface area contributed by atoms with Gasteiger partial charge >= 0.3 is 0 Å². The van der Waals surface area contributed by atoms with Crippen molar-refractivity contribution < 1.29 is 0 Å². The van der Waals surface area contributed by atoms with E-state index in [1.807, 2.05) is 30.6 Å². The Morgan fingerprint density at radius 3 is 1.24 bits per heavy atom. The van der Waals surface area contributed by atoms with Crippen LogP contribution in [0.25, 0.3) is 111 Å². The third-order valence-corrected chi connectivity index (χ3v) is 10.7. The van der Waals surface area contributed by atoms with Crippen molar-refractivity contribution in [3.63, 3.8) is 0 Å². The molecule has 50 heavy (non-hydrogen) atoms. The monoisotopic (exact) mass is 632 g/mol. The van der Waals surface area contributed by atoms with Crippen LogP contribution >= 0.6 is 0 Å². The van der Waals surface area contributed by atoms with Crippen molar-refractivity contribution in [2.75, 3.05) is 0 Å². The van der Waals surface area contributed by atoms with E-state index in [1.165, 1.54) is 88.3 Å². The lowest BCUT2D eigenvalue weighted by atomic mass is 9.88. The summed E-state index contributed by atoms with van der Waals surface area (Å²) in [5.41, 5.74) is 19.3. The van der Waals surface area contributed by atoms with Crippen molar-refractivity contribution in [1.29, 1.82) is 0 Å². The van der Waals surface area contributed by atoms with E-state index in [0.717, 1.165) is 22.5 Å². The molecule has 0 saturated carbocycles. The summed E-state index contributed by atoms with van der Waals surface area (Å²) in [5, 5.41) is 5.22. The molecule has 230 valence electrons. The van der Waals surface area contributed by atoms with Crippen molar-refractivity contribution in [2.24, 2.45) is 0 Å². The van der Waals surface area contributed by atoms with Crippen molar-refractivity contribution in [3.05, 3.63) is 170 Å². The Kier molecular flexibility index (Phi) is 5.70. The zero-order chi connectivity index (χ0) is 32.8. The highest BCUT2D eigenvalue weighted by Gasteiger charge is 2.24. The van der Waals surface area contributed by atoms with Crippen LogP contribution in [0.5, 0.6) is 0 Å². The first-order valence-corrected chi connectivity index (χ1v) is 17.1. The van der Waals surface area contributed by atoms with Gasteiger partial charge in [-0.15, -0.1) is 0 Å². The maximum absolute atomic E-state index is 4.88. The number of fused-ring (bicyclic) bond motifs is 6. The molecule has 0 unspecified atom stereocenters. The van der Waals surface area contributed by atoms with E-state index < -0.39 is 0 Å². The molecule has 11 rings (SSSR count). The summed E-state index contributed by atoms with van der Waals surface area (Å²) in [4.78, 5) is 9.40. The van der Waals surface area contributed by atoms with Crippen LogP contribution in [-0.4, -0.2) is 9.97 Å². The van der Waals surface area contributed by atoms with Gasteiger partial charge in [0.15, 0.2) is 0 Å². The van der Waals surface area contributed by atoms with Crippen LogP contribution < -0.4 is 0 Å². The van der Waals surface area contributed by atoms with E-state index in [4.69, 9.17) is 4.98 Å². The van der Waals surface area contributed by atoms with E-state index in [2.05, 4.69) is 145 Å². The van der Waals surface area contributed by atoms with Crippen LogP contribution in [0.4, 0.5) is 0 Å². The van der Waals surface area contributed by atoms with Gasteiger partial charge in [-0.1, -0.05) is 121 Å². The average molecular weight is 633 g/mol. The van der Waals surface area contributed by atoms with Gasteiger partial charge in [0.25, 0.3) is 0 Å². The molecule has 0 amide bonds. The Morgan fingerprint density at radius 1 is 0.280 bits per heavy atom. The van der Waals surface area contributed by atoms with Crippen molar-refractivity contribution in [1.82, 2.24) is 9.97 Å². The molecule has 2 nitrogen and oxygen atoms in total. The van der Waals surface area contributed by atoms with Crippen LogP contribution in [0.3, 0.4) is 0 Å². The second kappa shape index (κ2) is 10.4. The predicted octanol–water partition coefficient (Wildman–Crippen LogP) is 12.7. The summed E-state index contributed by atoms with van der Waals surface area (Å²) < 4.78 is 0. The molecule has 0 saturated heterocycles. The van der Waals surface area contributed by atoms with Crippen molar-refractivity contribution in [3.8, 4) is 89.3 Å². The molecule has 2 heterocycles. The number of rotatable bonds is 4. The topological polar surface area (TPSA) is 25.8 Å². The molecular weight excluding hydrogens is 605 g/mol. The first kappa shape index (κ1) is 27.3. The van der Waals surface area contributed by atoms with Crippen LogP contribution in [0.1, 0.15) is 0 Å². The minimum atomic E-state index is 0.866. The maximum atomic E-state index is 4.88. The molecule has 0 spiro atoms. The Hall–Kier alpha value is -6.64. The van der Waals surface area contributed by atoms with Gasteiger partial charge in [-0.05, 0) is 130 Å². The highest BCUT2D eigenvalue weighted by molar-refractivity contribution is 6.20. The van der Waals surface area contributed by atoms with E-state index in [9.17, 15) is 0 Å². The standard InChI is InChI=1S/C48H28N2/c1-3-11-37-35(9-1)41-15-7-13-39-33(19-21-43(37)47(39)41)31-25-30(29-18-23-46(50-28-29)45-17-5-6-24-49-45)26-32(27-31)34-20-22-44-38-12-4-2-10-36(38)42-16-8-14-40(34)48(42)44/h1-28H. The zero-order valence-corrected chi connectivity index (χ0v) is 27.1. The van der Waals surface area contributed by atoms with Gasteiger partial charge in [-0.3, -0.25) is 9.97 Å². The molecule has 2 heteroatoms. The van der Waals surface area contributed by atoms with Gasteiger partial charge in [0.2, 0.25) is 0 Å². The SMILES string of the molecule is c1ccc(-c2ccc(-c3cc(-c4ccc5c6c(cccc46)-c4ccccc4-5)cc(-c4ccc5c6c(cccc46)-c4ccccc4-5)c3)cn2)nc1. The summed E-state index contributed by atoms with van der Waals surface area (Å²) >= 11 is 0. The molecule has 0 atom stereocenters. The van der Waals surface area contributed by atoms with Crippen LogP contribution in [0.15, 0.2) is 170 Å². The molecule has 9 aromatic rings. The lowest BCUT2D eigenvalue weighted by molar-refractivity contribution is 1.25. The highest BCUT2D eigenvalue weighted by Crippen LogP contribution is 2.51. The van der Waals surface area contributed by atoms with Crippen LogP contribution in [0, 0.1) is 0 Å². The lowest BCUT2D eigenvalue weighted by Crippen LogP contribution is -1.91. The molecule has 0 aliphatic heterocycles. The van der Waals surface area contributed by atoms with Gasteiger partial charge in [0.1, 0.15) is 0 Å². The summed E-state index contributed by atoms with van der Waals surface area (Å²) in [6.07, 6.45) is 3.80. The first-order chi connectivity index (χ1) is 24.8. The Morgan fingerprint density at radius 2 is 0.740 bits per heavy atom. The fourth-order valence-corrected chi connectivity index (χ4v) is 8.46. The maximum Gasteiger partial charge on any atom is 0.0886 e. The van der Waals surface area contributed by atoms with Crippen molar-refractivity contribution >= 4 is 21.5 Å². The van der Waals surface area contributed by atoms with Gasteiger partial charge in [-0.25, -0.2) is 0 Å². The molecule has 0 N–H and O–H groups in total. The predicted molar refractivity (Wildman–Crippen MR) is 208 cm³/mol. The minimum absolute atomic E-state index is 0.866. The second-order valence-electron chi connectivity index (χ2n) is 13.3. The molecule has 0 radical (unpaired) electrons. The zero-order valence-electron chi connectivity index (χ0n) is 27.1. The molecule has 2 aliphatic rings. The van der Waals surface area contributed by atoms with E-state index in [-0.39, 0.29) is 0 Å². The van der Waals surface area contributed by atoms with Gasteiger partial charge in [0.05, 0.1) is 11.4 Å². The first-order valence-electron chi connectivity index (χ1n) is 17.1. The number of pyridine rings is 2. The molecular formula is C48H28N2. The molecule has 2 aliphatic carbocycles. The summed E-state index contributed by atoms with van der Waals surface area (Å²) in [6.45, 7) is 0. The Balaban J connectivity index is 1.14. The summed E-state index contributed by atoms with van der Waals surface area (Å²) in [5.74, 6) is 0. The van der Waals surface area contributed by atoms with Crippen molar-refractivity contribution in [2.45, 2.75) is 0 Å². The smallest absolute Gasteiger partial charge is 0.0886 e. The van der Waals surface area contributed by atoms with Crippen LogP contribution in [0.2, 0.25) is 0 Å². The summed E-state index contributed by atoms with van der Waals surface area (Å²) in [6, 6.07) is 57.6. The third kappa shape index (κ3) is 3.90. The number of nitrogens with zero attached hydrogens (tertiary/aromatic N) is 2. The molecule has 0 fully saturated rings. The van der Waals surface area contributed by atoms with Gasteiger partial charge in [-0.2, -0.15) is 0 Å². The number of hydrogen-bond donors (Lipinski definition) is 0. The van der Waals surface area contributed by atoms with Gasteiger partial charge in [0, 0.05) is 18.0 Å². The number of aromatic nitrogens is 2. The highest BCUT2D eigenvalue weighted by atomic mass is 14.8. The van der Waals surface area contributed by atoms with E-state index >= 15 is 0 Å². The lowest BCUT2D eigenvalue weighted by Gasteiger charge is -2.16. The molecule has 7 aromatic carbocycles. The van der Waals surface area contributed by atoms with E-state index in [1.54, 1.807) is 0 Å². The fourth-order valence-electron chi connectivity index (χ4n) is 8.46. The Labute approximate surface area is 290 Å². The third-order valence-electron chi connectivity index (χ3n) is 10.7. The largest absolute Gasteiger partial charge is 0.255 e. The quantitative estimate of drug-likeness (QED) is 0.193. The van der Waals surface area contributed by atoms with E-state index in [0.29, 0.717) is 0 Å². The van der Waals surface area contributed by atoms with Crippen LogP contribution in [-0.2, 0) is 0 Å². The molecule has 0 bridgehead atoms. The number of benzene rings is 7. The van der Waals surface area contributed by atoms with Gasteiger partial charge < -0.3 is 0 Å². The average Bonchev–Trinajstić information content (AvgIpc) is 3.70. The second-order valence-corrected chi connectivity index (χ2v) is 13.3. The minimum Gasteiger partial charge on any atom is -0.255 e. The molecule has 2 aromatic heterocycles. The Bertz CT molecular complexity index is 2640. The summed E-state index contributed by atoms with van der Waals surface area (Å²) in [7, 11) is 0. The fraction of sp³-hybridized carbons (Fsp3) is 0.